The molecule has 0 bridgehead atoms. The molecule has 3 N–H and O–H groups in total. The van der Waals surface area contributed by atoms with E-state index in [0.29, 0.717) is 16.8 Å². The molecule has 142 valence electrons. The summed E-state index contributed by atoms with van der Waals surface area (Å²) in [4.78, 5) is 5.28. The standard InChI is InChI=1S/C18H22ClN3O2S.HI/c1-2-20-18(22-11-14(23)16-7-8-17(19)25-16)21-10-13-9-12-5-3-4-6-15(12)24-13;/h3-8,13-14,23H,2,9-11H2,1H3,(H2,20,21,22);1H. The number of hydrogen-bond acceptors (Lipinski definition) is 4. The van der Waals surface area contributed by atoms with Crippen molar-refractivity contribution in [1.82, 2.24) is 10.6 Å². The highest BCUT2D eigenvalue weighted by Gasteiger charge is 2.22. The molecular formula is C18H23ClIN3O2S. The van der Waals surface area contributed by atoms with E-state index in [4.69, 9.17) is 16.3 Å². The molecule has 0 spiro atoms. The summed E-state index contributed by atoms with van der Waals surface area (Å²) in [7, 11) is 0. The van der Waals surface area contributed by atoms with Crippen LogP contribution >= 0.6 is 46.9 Å². The number of nitrogens with one attached hydrogen (secondary N) is 2. The topological polar surface area (TPSA) is 65.9 Å². The van der Waals surface area contributed by atoms with Gasteiger partial charge in [0.25, 0.3) is 0 Å². The van der Waals surface area contributed by atoms with E-state index in [1.807, 2.05) is 31.2 Å². The van der Waals surface area contributed by atoms with Crippen LogP contribution in [0, 0.1) is 0 Å². The SMILES string of the molecule is CCNC(=NCC(O)c1ccc(Cl)s1)NCC1Cc2ccccc2O1.I. The fraction of sp³-hybridized carbons (Fsp3) is 0.389. The van der Waals surface area contributed by atoms with Crippen LogP contribution in [0.4, 0.5) is 0 Å². The number of para-hydroxylation sites is 1. The van der Waals surface area contributed by atoms with E-state index >= 15 is 0 Å². The molecule has 8 heteroatoms. The molecule has 1 aromatic carbocycles. The van der Waals surface area contributed by atoms with E-state index in [1.54, 1.807) is 6.07 Å². The molecule has 0 aliphatic carbocycles. The van der Waals surface area contributed by atoms with Gasteiger partial charge in [0.2, 0.25) is 0 Å². The predicted molar refractivity (Wildman–Crippen MR) is 118 cm³/mol. The van der Waals surface area contributed by atoms with E-state index in [-0.39, 0.29) is 36.6 Å². The van der Waals surface area contributed by atoms with Gasteiger partial charge >= 0.3 is 0 Å². The van der Waals surface area contributed by atoms with Crippen molar-refractivity contribution in [3.63, 3.8) is 0 Å². The summed E-state index contributed by atoms with van der Waals surface area (Å²) in [6.07, 6.45) is 0.320. The Balaban J connectivity index is 0.00000243. The van der Waals surface area contributed by atoms with E-state index in [2.05, 4.69) is 21.7 Å². The molecule has 2 unspecified atom stereocenters. The van der Waals surface area contributed by atoms with Crippen LogP contribution in [0.25, 0.3) is 0 Å². The van der Waals surface area contributed by atoms with Crippen molar-refractivity contribution in [3.8, 4) is 5.75 Å². The zero-order valence-electron chi connectivity index (χ0n) is 14.4. The molecule has 0 radical (unpaired) electrons. The summed E-state index contributed by atoms with van der Waals surface area (Å²) in [5.74, 6) is 1.63. The number of fused-ring (bicyclic) bond motifs is 1. The number of benzene rings is 1. The van der Waals surface area contributed by atoms with Gasteiger partial charge in [-0.05, 0) is 30.7 Å². The Kier molecular flexibility index (Phi) is 8.46. The lowest BCUT2D eigenvalue weighted by molar-refractivity contribution is 0.191. The molecule has 2 aromatic rings. The van der Waals surface area contributed by atoms with Crippen molar-refractivity contribution in [2.45, 2.75) is 25.6 Å². The average molecular weight is 508 g/mol. The molecule has 0 saturated heterocycles. The van der Waals surface area contributed by atoms with Gasteiger partial charge in [-0.2, -0.15) is 0 Å². The van der Waals surface area contributed by atoms with E-state index in [0.717, 1.165) is 23.6 Å². The Hall–Kier alpha value is -1.03. The molecule has 1 aliphatic heterocycles. The van der Waals surface area contributed by atoms with Gasteiger partial charge in [-0.3, -0.25) is 4.99 Å². The van der Waals surface area contributed by atoms with Crippen LogP contribution in [0.2, 0.25) is 4.34 Å². The summed E-state index contributed by atoms with van der Waals surface area (Å²) in [5, 5.41) is 16.7. The van der Waals surface area contributed by atoms with E-state index in [9.17, 15) is 5.11 Å². The number of nitrogens with zero attached hydrogens (tertiary/aromatic N) is 1. The smallest absolute Gasteiger partial charge is 0.191 e. The number of aliphatic hydroxyl groups excluding tert-OH is 1. The molecular weight excluding hydrogens is 485 g/mol. The summed E-state index contributed by atoms with van der Waals surface area (Å²) < 4.78 is 6.59. The second kappa shape index (κ2) is 10.3. The van der Waals surface area contributed by atoms with E-state index in [1.165, 1.54) is 16.9 Å². The summed E-state index contributed by atoms with van der Waals surface area (Å²) >= 11 is 7.28. The number of aliphatic hydroxyl groups is 1. The number of thiophene rings is 1. The maximum absolute atomic E-state index is 10.2. The third-order valence-corrected chi connectivity index (χ3v) is 5.23. The van der Waals surface area contributed by atoms with Crippen molar-refractivity contribution in [3.05, 3.63) is 51.2 Å². The number of guanidine groups is 1. The number of rotatable bonds is 6. The first-order chi connectivity index (χ1) is 12.2. The maximum Gasteiger partial charge on any atom is 0.191 e. The first-order valence-electron chi connectivity index (χ1n) is 8.35. The van der Waals surface area contributed by atoms with Crippen LogP contribution in [0.15, 0.2) is 41.4 Å². The van der Waals surface area contributed by atoms with Gasteiger partial charge in [-0.25, -0.2) is 0 Å². The molecule has 26 heavy (non-hydrogen) atoms. The van der Waals surface area contributed by atoms with Crippen LogP contribution in [0.1, 0.15) is 23.5 Å². The summed E-state index contributed by atoms with van der Waals surface area (Å²) in [6.45, 7) is 3.69. The lowest BCUT2D eigenvalue weighted by Crippen LogP contribution is -2.42. The molecule has 2 atom stereocenters. The van der Waals surface area contributed by atoms with Crippen molar-refractivity contribution < 1.29 is 9.84 Å². The van der Waals surface area contributed by atoms with E-state index < -0.39 is 6.10 Å². The number of ether oxygens (including phenoxy) is 1. The molecule has 0 amide bonds. The largest absolute Gasteiger partial charge is 0.488 e. The van der Waals surface area contributed by atoms with Crippen molar-refractivity contribution in [1.29, 1.82) is 0 Å². The third-order valence-electron chi connectivity index (χ3n) is 3.90. The normalized spacial score (nSPS) is 17.0. The van der Waals surface area contributed by atoms with Crippen LogP contribution in [-0.2, 0) is 6.42 Å². The first-order valence-corrected chi connectivity index (χ1v) is 9.55. The molecule has 2 heterocycles. The van der Waals surface area contributed by atoms with Gasteiger partial charge < -0.3 is 20.5 Å². The highest BCUT2D eigenvalue weighted by Crippen LogP contribution is 2.28. The minimum Gasteiger partial charge on any atom is -0.488 e. The maximum atomic E-state index is 10.2. The highest BCUT2D eigenvalue weighted by molar-refractivity contribution is 14.0. The lowest BCUT2D eigenvalue weighted by Gasteiger charge is -2.16. The summed E-state index contributed by atoms with van der Waals surface area (Å²) in [6, 6.07) is 11.7. The Bertz CT molecular complexity index is 716. The molecule has 1 aromatic heterocycles. The Morgan fingerprint density at radius 3 is 2.85 bits per heavy atom. The lowest BCUT2D eigenvalue weighted by atomic mass is 10.1. The van der Waals surface area contributed by atoms with Gasteiger partial charge in [0.15, 0.2) is 5.96 Å². The molecule has 5 nitrogen and oxygen atoms in total. The Labute approximate surface area is 179 Å². The van der Waals surface area contributed by atoms with Gasteiger partial charge in [0.1, 0.15) is 18.0 Å². The van der Waals surface area contributed by atoms with Crippen LogP contribution in [0.5, 0.6) is 5.75 Å². The van der Waals surface area contributed by atoms with Gasteiger partial charge in [0.05, 0.1) is 17.4 Å². The quantitative estimate of drug-likeness (QED) is 0.318. The van der Waals surface area contributed by atoms with Crippen LogP contribution in [-0.4, -0.2) is 36.8 Å². The third kappa shape index (κ3) is 5.73. The minimum absolute atomic E-state index is 0. The minimum atomic E-state index is -0.653. The first kappa shape index (κ1) is 21.3. The van der Waals surface area contributed by atoms with Crippen molar-refractivity contribution in [2.75, 3.05) is 19.6 Å². The fourth-order valence-electron chi connectivity index (χ4n) is 2.70. The molecule has 0 saturated carbocycles. The van der Waals surface area contributed by atoms with Crippen molar-refractivity contribution in [2.24, 2.45) is 4.99 Å². The van der Waals surface area contributed by atoms with Crippen molar-refractivity contribution >= 4 is 52.9 Å². The molecule has 1 aliphatic rings. The second-order valence-corrected chi connectivity index (χ2v) is 7.56. The van der Waals surface area contributed by atoms with Crippen LogP contribution < -0.4 is 15.4 Å². The molecule has 0 fully saturated rings. The zero-order valence-corrected chi connectivity index (χ0v) is 18.3. The van der Waals surface area contributed by atoms with Gasteiger partial charge in [0, 0.05) is 17.8 Å². The average Bonchev–Trinajstić information content (AvgIpc) is 3.22. The van der Waals surface area contributed by atoms with Gasteiger partial charge in [-0.15, -0.1) is 35.3 Å². The monoisotopic (exact) mass is 507 g/mol. The predicted octanol–water partition coefficient (Wildman–Crippen LogP) is 3.61. The number of hydrogen-bond donors (Lipinski definition) is 3. The number of aliphatic imine (C=N–C) groups is 1. The Morgan fingerprint density at radius 1 is 1.35 bits per heavy atom. The molecule has 3 rings (SSSR count). The fourth-order valence-corrected chi connectivity index (χ4v) is 3.73. The number of halogens is 2. The second-order valence-electron chi connectivity index (χ2n) is 5.81. The van der Waals surface area contributed by atoms with Crippen LogP contribution in [0.3, 0.4) is 0 Å². The zero-order chi connectivity index (χ0) is 17.6. The highest BCUT2D eigenvalue weighted by atomic mass is 127. The Morgan fingerprint density at radius 2 is 2.15 bits per heavy atom. The van der Waals surface area contributed by atoms with Gasteiger partial charge in [-0.1, -0.05) is 29.8 Å². The summed E-state index contributed by atoms with van der Waals surface area (Å²) in [5.41, 5.74) is 1.24.